The van der Waals surface area contributed by atoms with Gasteiger partial charge >= 0.3 is 0 Å². The van der Waals surface area contributed by atoms with Gasteiger partial charge in [0.2, 0.25) is 4.96 Å². The normalized spacial score (nSPS) is 11.5. The molecule has 0 fully saturated rings. The molecule has 0 saturated heterocycles. The molecular formula is C24H15ClN6O2S. The SMILES string of the molecule is Cc1ccc(-c2nn3c(-c4nc5ccc([N+](=O)[O-])cc5[nH]4)c(-c4ccc(Cl)cc4)nc3s2)cc1. The van der Waals surface area contributed by atoms with Gasteiger partial charge < -0.3 is 4.98 Å². The molecule has 10 heteroatoms. The van der Waals surface area contributed by atoms with Crippen molar-refractivity contribution in [2.24, 2.45) is 0 Å². The summed E-state index contributed by atoms with van der Waals surface area (Å²) < 4.78 is 1.77. The summed E-state index contributed by atoms with van der Waals surface area (Å²) in [5.74, 6) is 0.522. The first-order valence-electron chi connectivity index (χ1n) is 10.3. The molecule has 6 aromatic rings. The first-order valence-corrected chi connectivity index (χ1v) is 11.5. The lowest BCUT2D eigenvalue weighted by molar-refractivity contribution is -0.384. The highest BCUT2D eigenvalue weighted by molar-refractivity contribution is 7.19. The Labute approximate surface area is 201 Å². The quantitative estimate of drug-likeness (QED) is 0.225. The Kier molecular flexibility index (Phi) is 4.68. The van der Waals surface area contributed by atoms with Crippen LogP contribution in [0.3, 0.4) is 0 Å². The number of aromatic nitrogens is 5. The lowest BCUT2D eigenvalue weighted by Crippen LogP contribution is -1.93. The fraction of sp³-hybridized carbons (Fsp3) is 0.0417. The molecule has 8 nitrogen and oxygen atoms in total. The highest BCUT2D eigenvalue weighted by atomic mass is 35.5. The molecule has 166 valence electrons. The van der Waals surface area contributed by atoms with Gasteiger partial charge in [0.05, 0.1) is 16.0 Å². The fourth-order valence-electron chi connectivity index (χ4n) is 3.81. The van der Waals surface area contributed by atoms with Crippen molar-refractivity contribution >= 4 is 44.6 Å². The number of aromatic amines is 1. The number of nitrogens with zero attached hydrogens (tertiary/aromatic N) is 5. The monoisotopic (exact) mass is 486 g/mol. The second-order valence-electron chi connectivity index (χ2n) is 7.83. The van der Waals surface area contributed by atoms with E-state index in [0.29, 0.717) is 38.2 Å². The highest BCUT2D eigenvalue weighted by Gasteiger charge is 2.23. The van der Waals surface area contributed by atoms with Crippen LogP contribution < -0.4 is 0 Å². The first-order chi connectivity index (χ1) is 16.5. The molecule has 3 heterocycles. The van der Waals surface area contributed by atoms with Gasteiger partial charge in [0.25, 0.3) is 5.69 Å². The van der Waals surface area contributed by atoms with E-state index in [9.17, 15) is 10.1 Å². The summed E-state index contributed by atoms with van der Waals surface area (Å²) in [4.78, 5) is 24.3. The van der Waals surface area contributed by atoms with Crippen LogP contribution in [0.4, 0.5) is 5.69 Å². The van der Waals surface area contributed by atoms with Gasteiger partial charge in [-0.3, -0.25) is 10.1 Å². The number of aryl methyl sites for hydroxylation is 1. The van der Waals surface area contributed by atoms with Crippen molar-refractivity contribution in [2.45, 2.75) is 6.92 Å². The zero-order valence-corrected chi connectivity index (χ0v) is 19.3. The minimum Gasteiger partial charge on any atom is -0.336 e. The van der Waals surface area contributed by atoms with E-state index in [1.807, 2.05) is 43.3 Å². The Morgan fingerprint density at radius 2 is 1.74 bits per heavy atom. The maximum atomic E-state index is 11.2. The number of halogens is 1. The lowest BCUT2D eigenvalue weighted by Gasteiger charge is -2.02. The zero-order chi connectivity index (χ0) is 23.4. The third-order valence-corrected chi connectivity index (χ3v) is 6.73. The van der Waals surface area contributed by atoms with Crippen LogP contribution in [0.5, 0.6) is 0 Å². The van der Waals surface area contributed by atoms with E-state index >= 15 is 0 Å². The molecule has 34 heavy (non-hydrogen) atoms. The Morgan fingerprint density at radius 1 is 1.00 bits per heavy atom. The average Bonchev–Trinajstić information content (AvgIpc) is 3.51. The number of nitro benzene ring substituents is 1. The minimum atomic E-state index is -0.426. The fourth-order valence-corrected chi connectivity index (χ4v) is 4.84. The molecule has 3 aromatic heterocycles. The van der Waals surface area contributed by atoms with Gasteiger partial charge in [-0.1, -0.05) is 64.9 Å². The number of fused-ring (bicyclic) bond motifs is 2. The lowest BCUT2D eigenvalue weighted by atomic mass is 10.1. The van der Waals surface area contributed by atoms with Crippen LogP contribution in [0.2, 0.25) is 5.02 Å². The van der Waals surface area contributed by atoms with E-state index in [1.165, 1.54) is 29.0 Å². The molecule has 0 aliphatic rings. The second-order valence-corrected chi connectivity index (χ2v) is 9.22. The van der Waals surface area contributed by atoms with Crippen molar-refractivity contribution in [3.63, 3.8) is 0 Å². The summed E-state index contributed by atoms with van der Waals surface area (Å²) in [6, 6.07) is 20.1. The summed E-state index contributed by atoms with van der Waals surface area (Å²) in [5.41, 5.74) is 5.58. The smallest absolute Gasteiger partial charge is 0.271 e. The van der Waals surface area contributed by atoms with Gasteiger partial charge in [0, 0.05) is 28.3 Å². The van der Waals surface area contributed by atoms with Crippen molar-refractivity contribution in [1.29, 1.82) is 0 Å². The first kappa shape index (κ1) is 20.5. The summed E-state index contributed by atoms with van der Waals surface area (Å²) in [6.45, 7) is 2.04. The molecule has 0 bridgehead atoms. The zero-order valence-electron chi connectivity index (χ0n) is 17.7. The van der Waals surface area contributed by atoms with Gasteiger partial charge in [0.15, 0.2) is 5.82 Å². The molecule has 0 atom stereocenters. The van der Waals surface area contributed by atoms with E-state index in [4.69, 9.17) is 26.7 Å². The number of H-pyrrole nitrogens is 1. The van der Waals surface area contributed by atoms with Gasteiger partial charge in [-0.05, 0) is 25.1 Å². The van der Waals surface area contributed by atoms with E-state index in [-0.39, 0.29) is 5.69 Å². The largest absolute Gasteiger partial charge is 0.336 e. The van der Waals surface area contributed by atoms with Crippen LogP contribution in [-0.4, -0.2) is 29.5 Å². The Balaban J connectivity index is 1.58. The number of non-ortho nitro benzene ring substituents is 1. The third kappa shape index (κ3) is 3.42. The van der Waals surface area contributed by atoms with Gasteiger partial charge in [-0.25, -0.2) is 9.97 Å². The van der Waals surface area contributed by atoms with Gasteiger partial charge in [0.1, 0.15) is 16.4 Å². The molecule has 0 saturated carbocycles. The Hall–Kier alpha value is -4.08. The molecule has 0 radical (unpaired) electrons. The molecule has 0 amide bonds. The van der Waals surface area contributed by atoms with Crippen LogP contribution in [0, 0.1) is 17.0 Å². The predicted octanol–water partition coefficient (Wildman–Crippen LogP) is 6.54. The maximum absolute atomic E-state index is 11.2. The molecule has 3 aromatic carbocycles. The number of imidazole rings is 2. The highest BCUT2D eigenvalue weighted by Crippen LogP contribution is 2.36. The van der Waals surface area contributed by atoms with Crippen molar-refractivity contribution in [3.8, 4) is 33.3 Å². The molecule has 0 unspecified atom stereocenters. The van der Waals surface area contributed by atoms with Crippen molar-refractivity contribution in [1.82, 2.24) is 24.6 Å². The molecule has 0 spiro atoms. The Morgan fingerprint density at radius 3 is 2.47 bits per heavy atom. The number of benzene rings is 3. The standard InChI is InChI=1S/C24H15ClN6O2S/c1-13-2-4-15(5-3-13)23-29-30-21(20(28-24(30)34-23)14-6-8-16(25)9-7-14)22-26-18-11-10-17(31(32)33)12-19(18)27-22/h2-12H,1H3,(H,26,27). The second kappa shape index (κ2) is 7.75. The summed E-state index contributed by atoms with van der Waals surface area (Å²) in [5, 5.41) is 17.5. The number of hydrogen-bond donors (Lipinski definition) is 1. The Bertz CT molecular complexity index is 1700. The minimum absolute atomic E-state index is 0.00521. The van der Waals surface area contributed by atoms with Crippen LogP contribution in [0.25, 0.3) is 49.3 Å². The van der Waals surface area contributed by atoms with E-state index in [1.54, 1.807) is 22.7 Å². The van der Waals surface area contributed by atoms with Crippen LogP contribution in [-0.2, 0) is 0 Å². The van der Waals surface area contributed by atoms with E-state index < -0.39 is 4.92 Å². The number of nitrogens with one attached hydrogen (secondary N) is 1. The van der Waals surface area contributed by atoms with E-state index in [2.05, 4.69) is 4.98 Å². The molecular weight excluding hydrogens is 472 g/mol. The molecule has 0 aliphatic carbocycles. The molecule has 6 rings (SSSR count). The number of nitro groups is 1. The van der Waals surface area contributed by atoms with Gasteiger partial charge in [-0.15, -0.1) is 0 Å². The topological polar surface area (TPSA) is 102 Å². The number of rotatable bonds is 4. The third-order valence-electron chi connectivity index (χ3n) is 5.52. The van der Waals surface area contributed by atoms with E-state index in [0.717, 1.165) is 16.1 Å². The van der Waals surface area contributed by atoms with Crippen LogP contribution >= 0.6 is 22.9 Å². The molecule has 0 aliphatic heterocycles. The van der Waals surface area contributed by atoms with Crippen LogP contribution in [0.1, 0.15) is 5.56 Å². The van der Waals surface area contributed by atoms with Crippen molar-refractivity contribution < 1.29 is 4.92 Å². The maximum Gasteiger partial charge on any atom is 0.271 e. The predicted molar refractivity (Wildman–Crippen MR) is 133 cm³/mol. The summed E-state index contributed by atoms with van der Waals surface area (Å²) in [6.07, 6.45) is 0. The summed E-state index contributed by atoms with van der Waals surface area (Å²) in [7, 11) is 0. The van der Waals surface area contributed by atoms with Crippen LogP contribution in [0.15, 0.2) is 66.7 Å². The van der Waals surface area contributed by atoms with Gasteiger partial charge in [-0.2, -0.15) is 9.61 Å². The van der Waals surface area contributed by atoms with Crippen molar-refractivity contribution in [2.75, 3.05) is 0 Å². The average molecular weight is 487 g/mol. The molecule has 1 N–H and O–H groups in total. The van der Waals surface area contributed by atoms with Crippen molar-refractivity contribution in [3.05, 3.63) is 87.4 Å². The number of hydrogen-bond acceptors (Lipinski definition) is 6. The summed E-state index contributed by atoms with van der Waals surface area (Å²) >= 11 is 7.58.